The van der Waals surface area contributed by atoms with Gasteiger partial charge in [0.1, 0.15) is 0 Å². The van der Waals surface area contributed by atoms with Gasteiger partial charge in [-0.05, 0) is 46.0 Å². The molecule has 21 heavy (non-hydrogen) atoms. The van der Waals surface area contributed by atoms with Crippen molar-refractivity contribution >= 4 is 17.3 Å². The Morgan fingerprint density at radius 1 is 1.33 bits per heavy atom. The number of anilines is 2. The van der Waals surface area contributed by atoms with Crippen molar-refractivity contribution in [1.29, 1.82) is 0 Å². The number of carbonyl (C=O) groups excluding carboxylic acids is 1. The Kier molecular flexibility index (Phi) is 4.73. The van der Waals surface area contributed by atoms with Crippen LogP contribution >= 0.6 is 0 Å². The summed E-state index contributed by atoms with van der Waals surface area (Å²) in [5, 5.41) is 2.83. The summed E-state index contributed by atoms with van der Waals surface area (Å²) >= 11 is 0. The van der Waals surface area contributed by atoms with Crippen LogP contribution in [0.3, 0.4) is 0 Å². The molecule has 0 saturated carbocycles. The molecule has 3 N–H and O–H groups in total. The van der Waals surface area contributed by atoms with E-state index in [1.54, 1.807) is 6.07 Å². The number of hydrogen-bond acceptors (Lipinski definition) is 4. The highest BCUT2D eigenvalue weighted by Crippen LogP contribution is 2.28. The Morgan fingerprint density at radius 2 is 1.95 bits per heavy atom. The molecule has 1 aliphatic rings. The summed E-state index contributed by atoms with van der Waals surface area (Å²) in [6.45, 7) is 8.81. The number of nitrogens with two attached hydrogens (primary N) is 1. The summed E-state index contributed by atoms with van der Waals surface area (Å²) in [5.41, 5.74) is 8.49. The van der Waals surface area contributed by atoms with Gasteiger partial charge in [0.2, 0.25) is 0 Å². The first-order chi connectivity index (χ1) is 9.93. The fraction of sp³-hybridized carbons (Fsp3) is 0.562. The number of likely N-dealkylation sites (N-methyl/N-ethyl adjacent to an activating group) is 1. The van der Waals surface area contributed by atoms with E-state index in [1.807, 2.05) is 19.1 Å². The predicted octanol–water partition coefficient (Wildman–Crippen LogP) is 1.55. The van der Waals surface area contributed by atoms with E-state index in [1.165, 1.54) is 0 Å². The Hall–Kier alpha value is -1.75. The molecule has 1 amide bonds. The van der Waals surface area contributed by atoms with Gasteiger partial charge in [0, 0.05) is 37.3 Å². The molecule has 1 aromatic carbocycles. The largest absolute Gasteiger partial charge is 0.397 e. The van der Waals surface area contributed by atoms with Crippen LogP contribution in [0.4, 0.5) is 11.4 Å². The monoisotopic (exact) mass is 290 g/mol. The van der Waals surface area contributed by atoms with Crippen molar-refractivity contribution in [2.75, 3.05) is 37.3 Å². The first kappa shape index (κ1) is 15.6. The highest BCUT2D eigenvalue weighted by Gasteiger charge is 2.27. The van der Waals surface area contributed by atoms with Gasteiger partial charge in [-0.3, -0.25) is 9.69 Å². The number of piperazine rings is 1. The lowest BCUT2D eigenvalue weighted by Gasteiger charge is -2.43. The molecule has 2 atom stereocenters. The van der Waals surface area contributed by atoms with Crippen LogP contribution in [0.1, 0.15) is 31.1 Å². The first-order valence-electron chi connectivity index (χ1n) is 7.58. The molecule has 5 nitrogen and oxygen atoms in total. The summed E-state index contributed by atoms with van der Waals surface area (Å²) in [6.07, 6.45) is 0. The number of amides is 1. The van der Waals surface area contributed by atoms with Gasteiger partial charge < -0.3 is 16.0 Å². The fourth-order valence-electron chi connectivity index (χ4n) is 2.82. The zero-order valence-electron chi connectivity index (χ0n) is 13.4. The average molecular weight is 290 g/mol. The van der Waals surface area contributed by atoms with Crippen molar-refractivity contribution in [3.8, 4) is 0 Å². The lowest BCUT2D eigenvalue weighted by Crippen LogP contribution is -2.55. The number of benzene rings is 1. The van der Waals surface area contributed by atoms with Gasteiger partial charge in [0.25, 0.3) is 5.91 Å². The Morgan fingerprint density at radius 3 is 2.52 bits per heavy atom. The van der Waals surface area contributed by atoms with E-state index in [-0.39, 0.29) is 5.91 Å². The number of hydrogen-bond donors (Lipinski definition) is 2. The Bertz CT molecular complexity index is 505. The second-order valence-corrected chi connectivity index (χ2v) is 5.90. The molecule has 0 radical (unpaired) electrons. The maximum Gasteiger partial charge on any atom is 0.251 e. The number of rotatable bonds is 3. The lowest BCUT2D eigenvalue weighted by molar-refractivity contribution is 0.0956. The van der Waals surface area contributed by atoms with Gasteiger partial charge in [0.15, 0.2) is 0 Å². The third-order valence-electron chi connectivity index (χ3n) is 4.33. The number of carbonyl (C=O) groups is 1. The van der Waals surface area contributed by atoms with Crippen molar-refractivity contribution in [1.82, 2.24) is 10.2 Å². The van der Waals surface area contributed by atoms with Gasteiger partial charge in [-0.25, -0.2) is 0 Å². The smallest absolute Gasteiger partial charge is 0.251 e. The lowest BCUT2D eigenvalue weighted by atomic mass is 10.1. The van der Waals surface area contributed by atoms with Gasteiger partial charge in [-0.15, -0.1) is 0 Å². The molecular formula is C16H26N4O. The molecule has 1 aliphatic heterocycles. The quantitative estimate of drug-likeness (QED) is 0.829. The number of nitrogens with one attached hydrogen (secondary N) is 1. The first-order valence-corrected chi connectivity index (χ1v) is 7.58. The zero-order chi connectivity index (χ0) is 15.6. The standard InChI is InChI=1S/C16H26N4O/c1-5-18-16(21)13-6-7-14(17)15(8-13)20-9-11(2)19(4)12(3)10-20/h6-8,11-12H,5,9-10,17H2,1-4H3,(H,18,21). The van der Waals surface area contributed by atoms with E-state index in [0.717, 1.165) is 24.5 Å². The van der Waals surface area contributed by atoms with Gasteiger partial charge in [-0.1, -0.05) is 0 Å². The third kappa shape index (κ3) is 3.29. The van der Waals surface area contributed by atoms with Crippen LogP contribution in [0.5, 0.6) is 0 Å². The molecule has 0 aliphatic carbocycles. The van der Waals surface area contributed by atoms with Crippen molar-refractivity contribution in [2.24, 2.45) is 0 Å². The van der Waals surface area contributed by atoms with Crippen molar-refractivity contribution in [3.05, 3.63) is 23.8 Å². The minimum atomic E-state index is -0.0472. The van der Waals surface area contributed by atoms with Gasteiger partial charge in [0.05, 0.1) is 11.4 Å². The summed E-state index contributed by atoms with van der Waals surface area (Å²) in [7, 11) is 2.15. The van der Waals surface area contributed by atoms with E-state index in [0.29, 0.717) is 24.2 Å². The molecular weight excluding hydrogens is 264 g/mol. The molecule has 0 spiro atoms. The molecule has 5 heteroatoms. The highest BCUT2D eigenvalue weighted by molar-refractivity contribution is 5.96. The van der Waals surface area contributed by atoms with Gasteiger partial charge in [-0.2, -0.15) is 0 Å². The normalized spacial score (nSPS) is 23.1. The summed E-state index contributed by atoms with van der Waals surface area (Å²) < 4.78 is 0. The molecule has 2 unspecified atom stereocenters. The predicted molar refractivity (Wildman–Crippen MR) is 87.8 cm³/mol. The molecule has 1 saturated heterocycles. The second kappa shape index (κ2) is 6.35. The molecule has 1 fully saturated rings. The van der Waals surface area contributed by atoms with Crippen LogP contribution in [0.2, 0.25) is 0 Å². The summed E-state index contributed by atoms with van der Waals surface area (Å²) in [4.78, 5) is 16.7. The highest BCUT2D eigenvalue weighted by atomic mass is 16.1. The topological polar surface area (TPSA) is 61.6 Å². The van der Waals surface area contributed by atoms with Crippen LogP contribution in [0.25, 0.3) is 0 Å². The Balaban J connectivity index is 2.26. The van der Waals surface area contributed by atoms with E-state index in [9.17, 15) is 4.79 Å². The van der Waals surface area contributed by atoms with Crippen LogP contribution in [-0.4, -0.2) is 49.6 Å². The molecule has 1 heterocycles. The van der Waals surface area contributed by atoms with E-state index in [2.05, 4.69) is 36.0 Å². The van der Waals surface area contributed by atoms with Crippen LogP contribution in [0.15, 0.2) is 18.2 Å². The molecule has 1 aromatic rings. The number of nitrogen functional groups attached to an aromatic ring is 1. The second-order valence-electron chi connectivity index (χ2n) is 5.90. The zero-order valence-corrected chi connectivity index (χ0v) is 13.4. The van der Waals surface area contributed by atoms with Crippen LogP contribution < -0.4 is 16.0 Å². The van der Waals surface area contributed by atoms with Crippen LogP contribution in [-0.2, 0) is 0 Å². The average Bonchev–Trinajstić information content (AvgIpc) is 2.45. The van der Waals surface area contributed by atoms with E-state index in [4.69, 9.17) is 5.73 Å². The van der Waals surface area contributed by atoms with Gasteiger partial charge >= 0.3 is 0 Å². The molecule has 0 aromatic heterocycles. The van der Waals surface area contributed by atoms with Crippen molar-refractivity contribution in [3.63, 3.8) is 0 Å². The molecule has 2 rings (SSSR count). The Labute approximate surface area is 127 Å². The minimum absolute atomic E-state index is 0.0472. The van der Waals surface area contributed by atoms with Crippen molar-refractivity contribution in [2.45, 2.75) is 32.9 Å². The maximum atomic E-state index is 12.0. The fourth-order valence-corrected chi connectivity index (χ4v) is 2.82. The molecule has 116 valence electrons. The summed E-state index contributed by atoms with van der Waals surface area (Å²) in [6, 6.07) is 6.44. The maximum absolute atomic E-state index is 12.0. The molecule has 0 bridgehead atoms. The van der Waals surface area contributed by atoms with E-state index >= 15 is 0 Å². The summed E-state index contributed by atoms with van der Waals surface area (Å²) in [5.74, 6) is -0.0472. The van der Waals surface area contributed by atoms with E-state index < -0.39 is 0 Å². The third-order valence-corrected chi connectivity index (χ3v) is 4.33. The SMILES string of the molecule is CCNC(=O)c1ccc(N)c(N2CC(C)N(C)C(C)C2)c1. The number of nitrogens with zero attached hydrogens (tertiary/aromatic N) is 2. The minimum Gasteiger partial charge on any atom is -0.397 e. The van der Waals surface area contributed by atoms with Crippen LogP contribution in [0, 0.1) is 0 Å². The van der Waals surface area contributed by atoms with Crippen molar-refractivity contribution < 1.29 is 4.79 Å².